The highest BCUT2D eigenvalue weighted by molar-refractivity contribution is 5.94. The Morgan fingerprint density at radius 1 is 1.00 bits per heavy atom. The molecule has 2 aromatic carbocycles. The number of rotatable bonds is 7. The van der Waals surface area contributed by atoms with Gasteiger partial charge in [-0.1, -0.05) is 30.3 Å². The topological polar surface area (TPSA) is 105 Å². The van der Waals surface area contributed by atoms with Crippen molar-refractivity contribution >= 4 is 34.6 Å². The summed E-state index contributed by atoms with van der Waals surface area (Å²) < 4.78 is 19.0. The minimum atomic E-state index is -0.260. The molecule has 9 nitrogen and oxygen atoms in total. The molecule has 2 N–H and O–H groups in total. The number of nitrogen functional groups attached to an aromatic ring is 1. The summed E-state index contributed by atoms with van der Waals surface area (Å²) in [6.07, 6.45) is 1.21. The van der Waals surface area contributed by atoms with E-state index in [-0.39, 0.29) is 17.7 Å². The van der Waals surface area contributed by atoms with Gasteiger partial charge in [0.25, 0.3) is 5.71 Å². The summed E-state index contributed by atoms with van der Waals surface area (Å²) in [7, 11) is 1.80. The number of halogens is 1. The van der Waals surface area contributed by atoms with Crippen molar-refractivity contribution in [3.63, 3.8) is 0 Å². The normalized spacial score (nSPS) is 14.3. The van der Waals surface area contributed by atoms with E-state index in [1.54, 1.807) is 24.1 Å². The summed E-state index contributed by atoms with van der Waals surface area (Å²) in [4.78, 5) is 32.0. The number of aryl methyl sites for hydroxylation is 2. The Kier molecular flexibility index (Phi) is 6.77. The van der Waals surface area contributed by atoms with Crippen molar-refractivity contribution in [3.8, 4) is 0 Å². The van der Waals surface area contributed by atoms with Crippen molar-refractivity contribution in [2.24, 2.45) is 0 Å². The predicted molar refractivity (Wildman–Crippen MR) is 136 cm³/mol. The van der Waals surface area contributed by atoms with Crippen LogP contribution in [0.3, 0.4) is 0 Å². The highest BCUT2D eigenvalue weighted by atomic mass is 19.1. The molecule has 0 spiro atoms. The smallest absolute Gasteiger partial charge is 0.254 e. The van der Waals surface area contributed by atoms with E-state index >= 15 is 0 Å². The average molecular weight is 490 g/mol. The quantitative estimate of drug-likeness (QED) is 0.423. The lowest BCUT2D eigenvalue weighted by molar-refractivity contribution is -0.119. The SMILES string of the molecule is CN(C(=O)CN1CCN(c2nc(N)nc3oc(CCc4ccc(F)cc4)nc23)CC1)c1ccccc1. The van der Waals surface area contributed by atoms with Crippen LogP contribution in [0.5, 0.6) is 0 Å². The summed E-state index contributed by atoms with van der Waals surface area (Å²) in [5.74, 6) is 1.08. The number of hydrogen-bond acceptors (Lipinski definition) is 8. The first-order valence-corrected chi connectivity index (χ1v) is 11.9. The van der Waals surface area contributed by atoms with E-state index in [2.05, 4.69) is 24.8 Å². The zero-order chi connectivity index (χ0) is 25.1. The number of anilines is 3. The second kappa shape index (κ2) is 10.3. The van der Waals surface area contributed by atoms with Gasteiger partial charge in [-0.25, -0.2) is 9.37 Å². The van der Waals surface area contributed by atoms with Crippen molar-refractivity contribution in [1.29, 1.82) is 0 Å². The third kappa shape index (κ3) is 5.28. The molecule has 36 heavy (non-hydrogen) atoms. The predicted octanol–water partition coefficient (Wildman–Crippen LogP) is 2.91. The molecule has 1 aliphatic rings. The third-order valence-corrected chi connectivity index (χ3v) is 6.39. The van der Waals surface area contributed by atoms with E-state index < -0.39 is 0 Å². The molecule has 1 aliphatic heterocycles. The summed E-state index contributed by atoms with van der Waals surface area (Å²) >= 11 is 0. The Bertz CT molecular complexity index is 1340. The number of carbonyl (C=O) groups excluding carboxylic acids is 1. The average Bonchev–Trinajstić information content (AvgIpc) is 3.31. The van der Waals surface area contributed by atoms with Crippen molar-refractivity contribution in [3.05, 3.63) is 71.9 Å². The second-order valence-electron chi connectivity index (χ2n) is 8.84. The van der Waals surface area contributed by atoms with Crippen LogP contribution in [0.4, 0.5) is 21.8 Å². The fourth-order valence-corrected chi connectivity index (χ4v) is 4.31. The molecule has 0 atom stereocenters. The first-order valence-electron chi connectivity index (χ1n) is 11.9. The number of para-hydroxylation sites is 1. The van der Waals surface area contributed by atoms with E-state index in [1.807, 2.05) is 30.3 Å². The van der Waals surface area contributed by atoms with Crippen molar-refractivity contribution in [1.82, 2.24) is 19.9 Å². The Hall–Kier alpha value is -4.05. The monoisotopic (exact) mass is 489 g/mol. The molecule has 1 amide bonds. The van der Waals surface area contributed by atoms with Crippen LogP contribution >= 0.6 is 0 Å². The number of carbonyl (C=O) groups is 1. The van der Waals surface area contributed by atoms with E-state index in [1.165, 1.54) is 12.1 Å². The largest absolute Gasteiger partial charge is 0.422 e. The van der Waals surface area contributed by atoms with Gasteiger partial charge in [0.2, 0.25) is 11.9 Å². The molecule has 4 aromatic rings. The fourth-order valence-electron chi connectivity index (χ4n) is 4.31. The molecular formula is C26H28FN7O2. The van der Waals surface area contributed by atoms with Gasteiger partial charge in [0.15, 0.2) is 17.2 Å². The number of oxazole rings is 1. The molecule has 0 radical (unpaired) electrons. The number of nitrogens with zero attached hydrogens (tertiary/aromatic N) is 6. The van der Waals surface area contributed by atoms with Gasteiger partial charge in [-0.15, -0.1) is 0 Å². The maximum atomic E-state index is 13.2. The Balaban J connectivity index is 1.23. The number of nitrogens with two attached hydrogens (primary N) is 1. The number of benzene rings is 2. The van der Waals surface area contributed by atoms with E-state index in [9.17, 15) is 9.18 Å². The minimum absolute atomic E-state index is 0.0469. The minimum Gasteiger partial charge on any atom is -0.422 e. The molecule has 0 bridgehead atoms. The van der Waals surface area contributed by atoms with Gasteiger partial charge in [-0.2, -0.15) is 9.97 Å². The molecule has 186 valence electrons. The zero-order valence-electron chi connectivity index (χ0n) is 20.1. The third-order valence-electron chi connectivity index (χ3n) is 6.39. The Labute approximate surface area is 208 Å². The van der Waals surface area contributed by atoms with E-state index in [4.69, 9.17) is 10.2 Å². The maximum absolute atomic E-state index is 13.2. The zero-order valence-corrected chi connectivity index (χ0v) is 20.1. The molecular weight excluding hydrogens is 461 g/mol. The molecule has 0 aliphatic carbocycles. The summed E-state index contributed by atoms with van der Waals surface area (Å²) in [6, 6.07) is 16.0. The van der Waals surface area contributed by atoms with Gasteiger partial charge < -0.3 is 20.0 Å². The van der Waals surface area contributed by atoms with Gasteiger partial charge in [-0.3, -0.25) is 9.69 Å². The number of fused-ring (bicyclic) bond motifs is 1. The van der Waals surface area contributed by atoms with Crippen LogP contribution in [0.1, 0.15) is 11.5 Å². The Morgan fingerprint density at radius 3 is 2.44 bits per heavy atom. The van der Waals surface area contributed by atoms with Gasteiger partial charge in [0.05, 0.1) is 6.54 Å². The van der Waals surface area contributed by atoms with Crippen LogP contribution in [-0.4, -0.2) is 65.5 Å². The number of aromatic nitrogens is 3. The lowest BCUT2D eigenvalue weighted by Gasteiger charge is -2.35. The highest BCUT2D eigenvalue weighted by Crippen LogP contribution is 2.26. The molecule has 1 saturated heterocycles. The summed E-state index contributed by atoms with van der Waals surface area (Å²) in [6.45, 7) is 3.10. The van der Waals surface area contributed by atoms with Crippen molar-refractivity contribution < 1.29 is 13.6 Å². The van der Waals surface area contributed by atoms with Crippen LogP contribution in [0.2, 0.25) is 0 Å². The van der Waals surface area contributed by atoms with Crippen LogP contribution in [0.25, 0.3) is 11.2 Å². The molecule has 3 heterocycles. The summed E-state index contributed by atoms with van der Waals surface area (Å²) in [5.41, 5.74) is 8.77. The first kappa shape index (κ1) is 23.7. The molecule has 0 unspecified atom stereocenters. The van der Waals surface area contributed by atoms with Crippen LogP contribution in [-0.2, 0) is 17.6 Å². The van der Waals surface area contributed by atoms with Crippen LogP contribution in [0.15, 0.2) is 59.0 Å². The number of hydrogen-bond donors (Lipinski definition) is 1. The van der Waals surface area contributed by atoms with Gasteiger partial charge in [0, 0.05) is 45.3 Å². The van der Waals surface area contributed by atoms with Crippen LogP contribution < -0.4 is 15.5 Å². The summed E-state index contributed by atoms with van der Waals surface area (Å²) in [5, 5.41) is 0. The number of piperazine rings is 1. The number of likely N-dealkylation sites (N-methyl/N-ethyl adjacent to an activating group) is 1. The van der Waals surface area contributed by atoms with Gasteiger partial charge in [-0.05, 0) is 36.2 Å². The Morgan fingerprint density at radius 2 is 1.72 bits per heavy atom. The van der Waals surface area contributed by atoms with Crippen molar-refractivity contribution in [2.45, 2.75) is 12.8 Å². The maximum Gasteiger partial charge on any atom is 0.254 e. The lowest BCUT2D eigenvalue weighted by atomic mass is 10.1. The van der Waals surface area contributed by atoms with Gasteiger partial charge in [0.1, 0.15) is 5.82 Å². The van der Waals surface area contributed by atoms with Gasteiger partial charge >= 0.3 is 0 Å². The fraction of sp³-hybridized carbons (Fsp3) is 0.308. The van der Waals surface area contributed by atoms with Crippen molar-refractivity contribution in [2.75, 3.05) is 55.3 Å². The molecule has 0 saturated carbocycles. The van der Waals surface area contributed by atoms with Crippen LogP contribution in [0, 0.1) is 5.82 Å². The standard InChI is InChI=1S/C26H28FN7O2/c1-32(20-5-3-2-4-6-20)22(35)17-33-13-15-34(16-14-33)24-23-25(31-26(28)30-24)36-21(29-23)12-9-18-7-10-19(27)11-8-18/h2-8,10-11H,9,12-17H2,1H3,(H2,28,30,31). The molecule has 1 fully saturated rings. The molecule has 5 rings (SSSR count). The van der Waals surface area contributed by atoms with E-state index in [0.29, 0.717) is 68.5 Å². The number of amides is 1. The first-order chi connectivity index (χ1) is 17.5. The molecule has 2 aromatic heterocycles. The lowest BCUT2D eigenvalue weighted by Crippen LogP contribution is -2.50. The molecule has 10 heteroatoms. The van der Waals surface area contributed by atoms with E-state index in [0.717, 1.165) is 11.3 Å². The highest BCUT2D eigenvalue weighted by Gasteiger charge is 2.25. The second-order valence-corrected chi connectivity index (χ2v) is 8.84.